The number of anilines is 2. The first-order valence-electron chi connectivity index (χ1n) is 18.7. The van der Waals surface area contributed by atoms with Gasteiger partial charge in [-0.05, 0) is 80.0 Å². The first-order chi connectivity index (χ1) is 26.3. The van der Waals surface area contributed by atoms with Gasteiger partial charge in [0.25, 0.3) is 17.7 Å². The van der Waals surface area contributed by atoms with Crippen molar-refractivity contribution in [2.24, 2.45) is 5.92 Å². The van der Waals surface area contributed by atoms with Gasteiger partial charge in [-0.1, -0.05) is 0 Å². The highest BCUT2D eigenvalue weighted by Gasteiger charge is 2.45. The van der Waals surface area contributed by atoms with Crippen LogP contribution in [0, 0.1) is 5.92 Å². The molecule has 1 aliphatic carbocycles. The van der Waals surface area contributed by atoms with E-state index >= 15 is 0 Å². The Morgan fingerprint density at radius 2 is 1.76 bits per heavy atom. The second kappa shape index (κ2) is 12.6. The molecule has 15 nitrogen and oxygen atoms in total. The zero-order valence-electron chi connectivity index (χ0n) is 29.5. The van der Waals surface area contributed by atoms with Gasteiger partial charge in [0.15, 0.2) is 5.65 Å². The van der Waals surface area contributed by atoms with E-state index in [9.17, 15) is 24.0 Å². The third-order valence-electron chi connectivity index (χ3n) is 11.7. The van der Waals surface area contributed by atoms with Gasteiger partial charge in [0.05, 0.1) is 28.9 Å². The van der Waals surface area contributed by atoms with Gasteiger partial charge in [0, 0.05) is 80.4 Å². The molecule has 1 saturated carbocycles. The van der Waals surface area contributed by atoms with Crippen LogP contribution in [0.25, 0.3) is 16.6 Å². The zero-order chi connectivity index (χ0) is 36.7. The lowest BCUT2D eigenvalue weighted by molar-refractivity contribution is -0.136. The molecule has 0 bridgehead atoms. The van der Waals surface area contributed by atoms with Crippen molar-refractivity contribution in [3.05, 3.63) is 83.4 Å². The number of hydrogen-bond acceptors (Lipinski definition) is 10. The number of nitrogens with one attached hydrogen (secondary N) is 2. The molecular weight excluding hydrogens is 688 g/mol. The summed E-state index contributed by atoms with van der Waals surface area (Å²) in [4.78, 5) is 73.8. The van der Waals surface area contributed by atoms with Gasteiger partial charge < -0.3 is 15.1 Å². The number of imide groups is 2. The maximum absolute atomic E-state index is 13.4. The third-order valence-corrected chi connectivity index (χ3v) is 11.7. The van der Waals surface area contributed by atoms with E-state index < -0.39 is 23.8 Å². The number of amides is 5. The van der Waals surface area contributed by atoms with Crippen molar-refractivity contribution in [1.29, 1.82) is 0 Å². The Morgan fingerprint density at radius 3 is 2.56 bits per heavy atom. The number of nitrogens with zero attached hydrogens (tertiary/aromatic N) is 8. The van der Waals surface area contributed by atoms with Crippen LogP contribution in [0.2, 0.25) is 0 Å². The molecule has 4 aliphatic heterocycles. The summed E-state index contributed by atoms with van der Waals surface area (Å²) in [5.74, 6) is -1.27. The Kier molecular flexibility index (Phi) is 7.61. The fourth-order valence-electron chi connectivity index (χ4n) is 8.59. The molecule has 1 unspecified atom stereocenters. The zero-order valence-corrected chi connectivity index (χ0v) is 29.5. The number of likely N-dealkylation sites (tertiary alicyclic amines) is 1. The number of carbonyl (C=O) groups is 5. The second-order valence-corrected chi connectivity index (χ2v) is 15.3. The van der Waals surface area contributed by atoms with Crippen LogP contribution in [0.5, 0.6) is 0 Å². The van der Waals surface area contributed by atoms with E-state index in [0.717, 1.165) is 91.1 Å². The number of hydrogen-bond donors (Lipinski definition) is 2. The van der Waals surface area contributed by atoms with Crippen LogP contribution in [-0.2, 0) is 9.59 Å². The van der Waals surface area contributed by atoms with E-state index in [1.807, 2.05) is 6.07 Å². The minimum atomic E-state index is -0.968. The molecular formula is C39H38N10O5. The lowest BCUT2D eigenvalue weighted by Gasteiger charge is -2.44. The summed E-state index contributed by atoms with van der Waals surface area (Å²) < 4.78 is 3.72. The standard InChI is InChI=1S/C39H38N10O5/c50-34-7-6-33(37(52)43-34)49-38(53)27-5-4-26(15-29(27)39(49)54)46-19-22(20-46)18-45-12-8-25(9-13-45)48-21-24-14-32(28(23-2-3-23)16-31(24)44-48)42-36(51)30-17-41-47-11-1-10-40-35(30)47/h1,4-5,10-11,14-17,21-23,25,33H,2-3,6-9,12-13,18-20H2,(H,42,51)(H,43,50,52). The Bertz CT molecular complexity index is 2400. The predicted octanol–water partition coefficient (Wildman–Crippen LogP) is 3.38. The molecule has 3 aromatic heterocycles. The highest BCUT2D eigenvalue weighted by molar-refractivity contribution is 6.23. The number of rotatable bonds is 8. The van der Waals surface area contributed by atoms with Crippen molar-refractivity contribution in [2.75, 3.05) is 42.9 Å². The van der Waals surface area contributed by atoms with Crippen molar-refractivity contribution in [1.82, 2.24) is 39.5 Å². The Labute approximate surface area is 309 Å². The first-order valence-corrected chi connectivity index (χ1v) is 18.7. The molecule has 2 N–H and O–H groups in total. The van der Waals surface area contributed by atoms with Crippen LogP contribution in [0.3, 0.4) is 0 Å². The van der Waals surface area contributed by atoms with Crippen LogP contribution >= 0.6 is 0 Å². The predicted molar refractivity (Wildman–Crippen MR) is 196 cm³/mol. The smallest absolute Gasteiger partial charge is 0.262 e. The molecule has 5 aromatic rings. The molecule has 4 fully saturated rings. The average molecular weight is 727 g/mol. The molecule has 5 aliphatic rings. The van der Waals surface area contributed by atoms with Crippen molar-refractivity contribution in [3.8, 4) is 0 Å². The van der Waals surface area contributed by atoms with Crippen molar-refractivity contribution < 1.29 is 24.0 Å². The molecule has 7 heterocycles. The number of carbonyl (C=O) groups excluding carboxylic acids is 5. The van der Waals surface area contributed by atoms with Gasteiger partial charge >= 0.3 is 0 Å². The number of fused-ring (bicyclic) bond motifs is 3. The first kappa shape index (κ1) is 32.7. The molecule has 0 radical (unpaired) electrons. The molecule has 5 amide bonds. The summed E-state index contributed by atoms with van der Waals surface area (Å²) in [6.45, 7) is 4.67. The van der Waals surface area contributed by atoms with Crippen LogP contribution in [0.1, 0.15) is 87.1 Å². The average Bonchev–Trinajstić information content (AvgIpc) is 3.69. The van der Waals surface area contributed by atoms with E-state index in [-0.39, 0.29) is 24.7 Å². The highest BCUT2D eigenvalue weighted by atomic mass is 16.2. The van der Waals surface area contributed by atoms with E-state index in [0.29, 0.717) is 40.2 Å². The maximum atomic E-state index is 13.4. The molecule has 274 valence electrons. The topological polar surface area (TPSA) is 167 Å². The van der Waals surface area contributed by atoms with Crippen molar-refractivity contribution in [3.63, 3.8) is 0 Å². The van der Waals surface area contributed by atoms with Gasteiger partial charge in [-0.15, -0.1) is 0 Å². The van der Waals surface area contributed by atoms with Gasteiger partial charge in [-0.25, -0.2) is 9.50 Å². The normalized spacial score (nSPS) is 21.2. The quantitative estimate of drug-likeness (QED) is 0.226. The molecule has 10 rings (SSSR count). The van der Waals surface area contributed by atoms with Crippen LogP contribution in [0.15, 0.2) is 61.2 Å². The van der Waals surface area contributed by atoms with Gasteiger partial charge in [0.2, 0.25) is 11.8 Å². The largest absolute Gasteiger partial charge is 0.371 e. The van der Waals surface area contributed by atoms with Crippen LogP contribution in [0.4, 0.5) is 11.4 Å². The summed E-state index contributed by atoms with van der Waals surface area (Å²) in [6.07, 6.45) is 11.5. The maximum Gasteiger partial charge on any atom is 0.262 e. The fourth-order valence-corrected chi connectivity index (χ4v) is 8.59. The summed E-state index contributed by atoms with van der Waals surface area (Å²) in [7, 11) is 0. The lowest BCUT2D eigenvalue weighted by atomic mass is 9.95. The minimum absolute atomic E-state index is 0.0947. The van der Waals surface area contributed by atoms with Crippen LogP contribution < -0.4 is 15.5 Å². The van der Waals surface area contributed by atoms with E-state index in [1.165, 1.54) is 0 Å². The highest BCUT2D eigenvalue weighted by Crippen LogP contribution is 2.45. The molecule has 0 spiro atoms. The van der Waals surface area contributed by atoms with E-state index in [4.69, 9.17) is 5.10 Å². The van der Waals surface area contributed by atoms with Crippen LogP contribution in [-0.4, -0.2) is 102 Å². The summed E-state index contributed by atoms with van der Waals surface area (Å²) in [5, 5.41) is 15.7. The van der Waals surface area contributed by atoms with Gasteiger partial charge in [-0.2, -0.15) is 10.2 Å². The molecule has 1 atom stereocenters. The van der Waals surface area contributed by atoms with Crippen molar-refractivity contribution >= 4 is 57.5 Å². The van der Waals surface area contributed by atoms with Crippen molar-refractivity contribution in [2.45, 2.75) is 56.5 Å². The van der Waals surface area contributed by atoms with E-state index in [1.54, 1.807) is 41.3 Å². The molecule has 15 heteroatoms. The summed E-state index contributed by atoms with van der Waals surface area (Å²) >= 11 is 0. The van der Waals surface area contributed by atoms with Gasteiger partial charge in [-0.3, -0.25) is 38.9 Å². The third kappa shape index (κ3) is 5.61. The summed E-state index contributed by atoms with van der Waals surface area (Å²) in [5.41, 5.74) is 5.36. The lowest BCUT2D eigenvalue weighted by Crippen LogP contribution is -2.54. The summed E-state index contributed by atoms with van der Waals surface area (Å²) in [6, 6.07) is 10.6. The molecule has 54 heavy (non-hydrogen) atoms. The Hall–Kier alpha value is -5.96. The Balaban J connectivity index is 0.753. The van der Waals surface area contributed by atoms with Gasteiger partial charge in [0.1, 0.15) is 11.6 Å². The Morgan fingerprint density at radius 1 is 0.944 bits per heavy atom. The SMILES string of the molecule is O=C1CCC(N2C(=O)c3ccc(N4CC(CN5CCC(n6cc7cc(NC(=O)c8cnn9cccnc89)c(C8CC8)cc7n6)CC5)C4)cc3C2=O)C(=O)N1. The molecule has 3 saturated heterocycles. The van der Waals surface area contributed by atoms with E-state index in [2.05, 4.69) is 53.5 Å². The fraction of sp³-hybridized carbons (Fsp3) is 0.385. The number of piperidine rings is 2. The number of benzene rings is 2. The molecule has 2 aromatic carbocycles. The number of aromatic nitrogens is 5. The second-order valence-electron chi connectivity index (χ2n) is 15.3. The monoisotopic (exact) mass is 726 g/mol. The minimum Gasteiger partial charge on any atom is -0.371 e.